The Kier molecular flexibility index (Phi) is 10.7. The van der Waals surface area contributed by atoms with Gasteiger partial charge in [0.05, 0.1) is 6.10 Å². The normalized spacial score (nSPS) is 21.0. The van der Waals surface area contributed by atoms with Crippen LogP contribution in [0.25, 0.3) is 0 Å². The molecule has 0 saturated heterocycles. The van der Waals surface area contributed by atoms with Crippen molar-refractivity contribution >= 4 is 41.5 Å². The van der Waals surface area contributed by atoms with Gasteiger partial charge >= 0.3 is 0 Å². The Morgan fingerprint density at radius 1 is 1.25 bits per heavy atom. The van der Waals surface area contributed by atoms with Gasteiger partial charge in [-0.3, -0.25) is 4.99 Å². The molecule has 1 aromatic carbocycles. The summed E-state index contributed by atoms with van der Waals surface area (Å²) in [4.78, 5) is 4.66. The van der Waals surface area contributed by atoms with Gasteiger partial charge in [0.1, 0.15) is 0 Å². The molecule has 0 aliphatic heterocycles. The fraction of sp³-hybridized carbons (Fsp3) is 0.611. The minimum Gasteiger partial charge on any atom is -0.393 e. The lowest BCUT2D eigenvalue weighted by atomic mass is 9.93. The third-order valence-corrected chi connectivity index (χ3v) is 4.58. The number of hydrogen-bond acceptors (Lipinski definition) is 2. The Hall–Kier alpha value is -0.530. The van der Waals surface area contributed by atoms with Crippen LogP contribution in [-0.2, 0) is 6.42 Å². The molecule has 1 aromatic rings. The van der Waals surface area contributed by atoms with E-state index >= 15 is 0 Å². The predicted octanol–water partition coefficient (Wildman–Crippen LogP) is 3.75. The Bertz CT molecular complexity index is 505. The zero-order chi connectivity index (χ0) is 16.5. The number of rotatable bonds is 6. The van der Waals surface area contributed by atoms with E-state index in [0.29, 0.717) is 6.04 Å². The molecule has 0 radical (unpaired) electrons. The van der Waals surface area contributed by atoms with Crippen molar-refractivity contribution in [3.63, 3.8) is 0 Å². The average Bonchev–Trinajstić information content (AvgIpc) is 2.55. The van der Waals surface area contributed by atoms with Crippen LogP contribution in [-0.4, -0.2) is 36.3 Å². The average molecular weight is 466 g/mol. The Morgan fingerprint density at radius 2 is 1.96 bits per heavy atom. The lowest BCUT2D eigenvalue weighted by Gasteiger charge is -2.27. The van der Waals surface area contributed by atoms with Crippen LogP contribution in [0.2, 0.25) is 5.02 Å². The number of aryl methyl sites for hydroxylation is 1. The number of halogens is 2. The molecule has 0 atom stereocenters. The first-order chi connectivity index (χ1) is 11.2. The van der Waals surface area contributed by atoms with Gasteiger partial charge in [0.25, 0.3) is 0 Å². The summed E-state index contributed by atoms with van der Waals surface area (Å²) in [7, 11) is 0. The zero-order valence-corrected chi connectivity index (χ0v) is 17.4. The summed E-state index contributed by atoms with van der Waals surface area (Å²) >= 11 is 6.18. The maximum absolute atomic E-state index is 9.58. The fourth-order valence-electron chi connectivity index (χ4n) is 2.90. The molecule has 1 aliphatic carbocycles. The molecule has 1 saturated carbocycles. The van der Waals surface area contributed by atoms with Crippen LogP contribution in [0.15, 0.2) is 29.3 Å². The lowest BCUT2D eigenvalue weighted by molar-refractivity contribution is 0.120. The van der Waals surface area contributed by atoms with Gasteiger partial charge in [0.15, 0.2) is 5.96 Å². The fourth-order valence-corrected chi connectivity index (χ4v) is 3.13. The Labute approximate surface area is 167 Å². The molecule has 2 rings (SSSR count). The van der Waals surface area contributed by atoms with Gasteiger partial charge in [-0.2, -0.15) is 0 Å². The van der Waals surface area contributed by atoms with E-state index in [-0.39, 0.29) is 30.1 Å². The Morgan fingerprint density at radius 3 is 2.62 bits per heavy atom. The first-order valence-corrected chi connectivity index (χ1v) is 9.03. The summed E-state index contributed by atoms with van der Waals surface area (Å²) in [6.07, 6.45) is 5.56. The number of nitrogens with zero attached hydrogens (tertiary/aromatic N) is 1. The quantitative estimate of drug-likeness (QED) is 0.260. The van der Waals surface area contributed by atoms with Gasteiger partial charge in [-0.05, 0) is 57.1 Å². The standard InChI is InChI=1S/C18H28ClN3O.HI/c1-2-20-18(22-15-9-11-16(23)12-10-15)21-13-5-7-14-6-3-4-8-17(14)19;/h3-4,6,8,15-16,23H,2,5,7,9-13H2,1H3,(H2,20,21,22);1H. The molecule has 4 nitrogen and oxygen atoms in total. The summed E-state index contributed by atoms with van der Waals surface area (Å²) in [5, 5.41) is 17.2. The molecule has 0 spiro atoms. The first-order valence-electron chi connectivity index (χ1n) is 8.65. The number of hydrogen-bond donors (Lipinski definition) is 3. The molecule has 6 heteroatoms. The maximum atomic E-state index is 9.58. The molecule has 0 bridgehead atoms. The van der Waals surface area contributed by atoms with Crippen LogP contribution < -0.4 is 10.6 Å². The minimum atomic E-state index is -0.122. The molecule has 0 heterocycles. The van der Waals surface area contributed by atoms with Gasteiger partial charge in [0, 0.05) is 24.2 Å². The van der Waals surface area contributed by atoms with Crippen molar-refractivity contribution in [1.29, 1.82) is 0 Å². The summed E-state index contributed by atoms with van der Waals surface area (Å²) in [6, 6.07) is 8.40. The van der Waals surface area contributed by atoms with Crippen molar-refractivity contribution in [3.8, 4) is 0 Å². The molecule has 136 valence electrons. The van der Waals surface area contributed by atoms with E-state index in [0.717, 1.165) is 62.6 Å². The van der Waals surface area contributed by atoms with Gasteiger partial charge in [-0.15, -0.1) is 24.0 Å². The van der Waals surface area contributed by atoms with E-state index in [1.807, 2.05) is 18.2 Å². The number of benzene rings is 1. The number of aliphatic imine (C=N–C) groups is 1. The van der Waals surface area contributed by atoms with Gasteiger partial charge in [-0.1, -0.05) is 29.8 Å². The highest BCUT2D eigenvalue weighted by atomic mass is 127. The van der Waals surface area contributed by atoms with E-state index in [4.69, 9.17) is 11.6 Å². The van der Waals surface area contributed by atoms with Crippen molar-refractivity contribution in [2.24, 2.45) is 4.99 Å². The van der Waals surface area contributed by atoms with Crippen molar-refractivity contribution in [3.05, 3.63) is 34.9 Å². The largest absolute Gasteiger partial charge is 0.393 e. The van der Waals surface area contributed by atoms with E-state index in [1.165, 1.54) is 5.56 Å². The van der Waals surface area contributed by atoms with Gasteiger partial charge in [-0.25, -0.2) is 0 Å². The second-order valence-corrected chi connectivity index (χ2v) is 6.51. The number of aliphatic hydroxyl groups is 1. The molecule has 3 N–H and O–H groups in total. The SMILES string of the molecule is CCNC(=NCCCc1ccccc1Cl)NC1CCC(O)CC1.I. The van der Waals surface area contributed by atoms with Crippen LogP contribution in [0.5, 0.6) is 0 Å². The molecule has 0 aromatic heterocycles. The van der Waals surface area contributed by atoms with Crippen molar-refractivity contribution < 1.29 is 5.11 Å². The Balaban J connectivity index is 0.00000288. The van der Waals surface area contributed by atoms with Crippen LogP contribution >= 0.6 is 35.6 Å². The minimum absolute atomic E-state index is 0. The van der Waals surface area contributed by atoms with E-state index in [9.17, 15) is 5.11 Å². The molecular formula is C18H29ClIN3O. The number of aliphatic hydroxyl groups excluding tert-OH is 1. The highest BCUT2D eigenvalue weighted by Gasteiger charge is 2.19. The topological polar surface area (TPSA) is 56.7 Å². The monoisotopic (exact) mass is 465 g/mol. The smallest absolute Gasteiger partial charge is 0.191 e. The van der Waals surface area contributed by atoms with E-state index < -0.39 is 0 Å². The van der Waals surface area contributed by atoms with Crippen molar-refractivity contribution in [2.45, 2.75) is 57.6 Å². The summed E-state index contributed by atoms with van der Waals surface area (Å²) in [5.41, 5.74) is 1.18. The van der Waals surface area contributed by atoms with Crippen molar-refractivity contribution in [2.75, 3.05) is 13.1 Å². The maximum Gasteiger partial charge on any atom is 0.191 e. The summed E-state index contributed by atoms with van der Waals surface area (Å²) in [5.74, 6) is 0.882. The second kappa shape index (κ2) is 11.9. The van der Waals surface area contributed by atoms with Crippen LogP contribution in [0, 0.1) is 0 Å². The predicted molar refractivity (Wildman–Crippen MR) is 113 cm³/mol. The van der Waals surface area contributed by atoms with Crippen LogP contribution in [0.4, 0.5) is 0 Å². The molecule has 0 unspecified atom stereocenters. The summed E-state index contributed by atoms with van der Waals surface area (Å²) in [6.45, 7) is 3.70. The summed E-state index contributed by atoms with van der Waals surface area (Å²) < 4.78 is 0. The highest BCUT2D eigenvalue weighted by Crippen LogP contribution is 2.18. The zero-order valence-electron chi connectivity index (χ0n) is 14.3. The van der Waals surface area contributed by atoms with Gasteiger partial charge in [0.2, 0.25) is 0 Å². The van der Waals surface area contributed by atoms with Gasteiger partial charge < -0.3 is 15.7 Å². The lowest BCUT2D eigenvalue weighted by Crippen LogP contribution is -2.45. The van der Waals surface area contributed by atoms with Crippen LogP contribution in [0.3, 0.4) is 0 Å². The van der Waals surface area contributed by atoms with Crippen molar-refractivity contribution in [1.82, 2.24) is 10.6 Å². The first kappa shape index (κ1) is 21.5. The number of guanidine groups is 1. The molecular weight excluding hydrogens is 437 g/mol. The highest BCUT2D eigenvalue weighted by molar-refractivity contribution is 14.0. The van der Waals surface area contributed by atoms with E-state index in [1.54, 1.807) is 0 Å². The third-order valence-electron chi connectivity index (χ3n) is 4.21. The molecule has 1 aliphatic rings. The van der Waals surface area contributed by atoms with E-state index in [2.05, 4.69) is 28.6 Å². The molecule has 24 heavy (non-hydrogen) atoms. The molecule has 1 fully saturated rings. The van der Waals surface area contributed by atoms with Crippen LogP contribution in [0.1, 0.15) is 44.6 Å². The number of nitrogens with one attached hydrogen (secondary N) is 2. The third kappa shape index (κ3) is 7.57. The molecule has 0 amide bonds. The second-order valence-electron chi connectivity index (χ2n) is 6.11.